The van der Waals surface area contributed by atoms with E-state index in [0.29, 0.717) is 11.3 Å². The molecule has 0 saturated carbocycles. The number of rotatable bonds is 4. The van der Waals surface area contributed by atoms with E-state index in [4.69, 9.17) is 9.52 Å². The lowest BCUT2D eigenvalue weighted by Gasteiger charge is -2.05. The maximum atomic E-state index is 11.0. The fraction of sp³-hybridized carbons (Fsp3) is 0.364. The second-order valence-electron chi connectivity index (χ2n) is 3.51. The summed E-state index contributed by atoms with van der Waals surface area (Å²) in [7, 11) is 0. The van der Waals surface area contributed by atoms with Gasteiger partial charge in [-0.15, -0.1) is 0 Å². The minimum Gasteiger partial charge on any atom is -0.477 e. The van der Waals surface area contributed by atoms with Crippen LogP contribution in [0.5, 0.6) is 0 Å². The maximum Gasteiger partial charge on any atom is 0.352 e. The first-order valence-electron chi connectivity index (χ1n) is 5.04. The molecule has 0 spiro atoms. The zero-order valence-corrected chi connectivity index (χ0v) is 8.56. The summed E-state index contributed by atoms with van der Waals surface area (Å²) < 4.78 is 6.98. The zero-order valence-electron chi connectivity index (χ0n) is 8.56. The first kappa shape index (κ1) is 9.83. The Morgan fingerprint density at radius 3 is 3.07 bits per heavy atom. The standard InChI is InChI=1S/C11H13NO3/c1-2-3-5-12-8-4-6-15-10(8)7-9(12)11(13)14/h4,6-7H,2-3,5H2,1H3,(H,13,14). The summed E-state index contributed by atoms with van der Waals surface area (Å²) in [5, 5.41) is 9.02. The fourth-order valence-corrected chi connectivity index (χ4v) is 1.71. The number of carboxylic acid groups (broad SMARTS) is 1. The number of aryl methyl sites for hydroxylation is 1. The van der Waals surface area contributed by atoms with Gasteiger partial charge in [-0.3, -0.25) is 0 Å². The molecule has 80 valence electrons. The largest absolute Gasteiger partial charge is 0.477 e. The van der Waals surface area contributed by atoms with E-state index in [9.17, 15) is 4.79 Å². The van der Waals surface area contributed by atoms with Gasteiger partial charge in [-0.25, -0.2) is 4.79 Å². The van der Waals surface area contributed by atoms with Crippen molar-refractivity contribution < 1.29 is 14.3 Å². The van der Waals surface area contributed by atoms with Gasteiger partial charge in [-0.2, -0.15) is 0 Å². The summed E-state index contributed by atoms with van der Waals surface area (Å²) in [5.41, 5.74) is 1.81. The van der Waals surface area contributed by atoms with E-state index in [2.05, 4.69) is 6.92 Å². The monoisotopic (exact) mass is 207 g/mol. The van der Waals surface area contributed by atoms with Crippen LogP contribution in [0.2, 0.25) is 0 Å². The molecule has 0 aliphatic rings. The van der Waals surface area contributed by atoms with Crippen LogP contribution in [0.1, 0.15) is 30.3 Å². The van der Waals surface area contributed by atoms with Crippen LogP contribution in [0.3, 0.4) is 0 Å². The van der Waals surface area contributed by atoms with Crippen molar-refractivity contribution in [1.29, 1.82) is 0 Å². The van der Waals surface area contributed by atoms with Gasteiger partial charge in [0.2, 0.25) is 0 Å². The lowest BCUT2D eigenvalue weighted by molar-refractivity contribution is 0.0685. The number of aromatic nitrogens is 1. The minimum absolute atomic E-state index is 0.304. The summed E-state index contributed by atoms with van der Waals surface area (Å²) >= 11 is 0. The number of nitrogens with zero attached hydrogens (tertiary/aromatic N) is 1. The number of furan rings is 1. The van der Waals surface area contributed by atoms with Crippen molar-refractivity contribution in [2.45, 2.75) is 26.3 Å². The van der Waals surface area contributed by atoms with Crippen LogP contribution < -0.4 is 0 Å². The van der Waals surface area contributed by atoms with Gasteiger partial charge in [0.25, 0.3) is 0 Å². The predicted octanol–water partition coefficient (Wildman–Crippen LogP) is 2.73. The van der Waals surface area contributed by atoms with Gasteiger partial charge >= 0.3 is 5.97 Å². The van der Waals surface area contributed by atoms with Gasteiger partial charge in [0, 0.05) is 18.7 Å². The van der Waals surface area contributed by atoms with Crippen molar-refractivity contribution in [2.24, 2.45) is 0 Å². The van der Waals surface area contributed by atoms with E-state index in [1.165, 1.54) is 0 Å². The Balaban J connectivity index is 2.48. The molecular weight excluding hydrogens is 194 g/mol. The quantitative estimate of drug-likeness (QED) is 0.838. The highest BCUT2D eigenvalue weighted by molar-refractivity contribution is 5.92. The Kier molecular flexibility index (Phi) is 2.49. The van der Waals surface area contributed by atoms with Gasteiger partial charge in [0.05, 0.1) is 11.8 Å². The Hall–Kier alpha value is -1.71. The maximum absolute atomic E-state index is 11.0. The van der Waals surface area contributed by atoms with Crippen molar-refractivity contribution in [3.8, 4) is 0 Å². The van der Waals surface area contributed by atoms with Crippen LogP contribution >= 0.6 is 0 Å². The molecule has 2 aromatic rings. The Bertz CT molecular complexity index is 481. The summed E-state index contributed by atoms with van der Waals surface area (Å²) in [6.07, 6.45) is 3.59. The predicted molar refractivity (Wildman–Crippen MR) is 56.1 cm³/mol. The van der Waals surface area contributed by atoms with Crippen LogP contribution in [0.15, 0.2) is 22.8 Å². The second kappa shape index (κ2) is 3.81. The Labute approximate surface area is 87.1 Å². The Morgan fingerprint density at radius 1 is 1.60 bits per heavy atom. The summed E-state index contributed by atoms with van der Waals surface area (Å²) in [4.78, 5) is 11.0. The smallest absolute Gasteiger partial charge is 0.352 e. The van der Waals surface area contributed by atoms with Crippen LogP contribution in [0.4, 0.5) is 0 Å². The summed E-state index contributed by atoms with van der Waals surface area (Å²) in [5.74, 6) is -0.905. The number of fused-ring (bicyclic) bond motifs is 1. The lowest BCUT2D eigenvalue weighted by atomic mass is 10.3. The van der Waals surface area contributed by atoms with Gasteiger partial charge in [0.1, 0.15) is 5.69 Å². The van der Waals surface area contributed by atoms with Gasteiger partial charge in [0.15, 0.2) is 5.58 Å². The Morgan fingerprint density at radius 2 is 2.40 bits per heavy atom. The molecule has 2 aromatic heterocycles. The molecule has 2 heterocycles. The molecule has 0 unspecified atom stereocenters. The van der Waals surface area contributed by atoms with Crippen LogP contribution in [0.25, 0.3) is 11.1 Å². The summed E-state index contributed by atoms with van der Waals surface area (Å²) in [6.45, 7) is 2.80. The first-order chi connectivity index (χ1) is 7.24. The molecule has 0 radical (unpaired) electrons. The van der Waals surface area contributed by atoms with E-state index in [1.807, 2.05) is 0 Å². The first-order valence-corrected chi connectivity index (χ1v) is 5.04. The van der Waals surface area contributed by atoms with Crippen molar-refractivity contribution in [2.75, 3.05) is 0 Å². The third-order valence-electron chi connectivity index (χ3n) is 2.48. The number of hydrogen-bond donors (Lipinski definition) is 1. The highest BCUT2D eigenvalue weighted by Gasteiger charge is 2.15. The molecule has 2 rings (SSSR count). The molecule has 4 nitrogen and oxygen atoms in total. The molecule has 0 aromatic carbocycles. The van der Waals surface area contributed by atoms with Crippen molar-refractivity contribution in [3.05, 3.63) is 24.1 Å². The molecule has 0 aliphatic heterocycles. The molecule has 1 N–H and O–H groups in total. The number of hydrogen-bond acceptors (Lipinski definition) is 2. The van der Waals surface area contributed by atoms with E-state index in [-0.39, 0.29) is 0 Å². The number of unbranched alkanes of at least 4 members (excludes halogenated alkanes) is 1. The number of carbonyl (C=O) groups is 1. The van der Waals surface area contributed by atoms with E-state index in [0.717, 1.165) is 24.9 Å². The molecule has 0 atom stereocenters. The topological polar surface area (TPSA) is 55.4 Å². The van der Waals surface area contributed by atoms with E-state index < -0.39 is 5.97 Å². The summed E-state index contributed by atoms with van der Waals surface area (Å²) in [6, 6.07) is 3.38. The third-order valence-corrected chi connectivity index (χ3v) is 2.48. The highest BCUT2D eigenvalue weighted by Crippen LogP contribution is 2.21. The third kappa shape index (κ3) is 1.63. The van der Waals surface area contributed by atoms with Crippen molar-refractivity contribution in [1.82, 2.24) is 4.57 Å². The van der Waals surface area contributed by atoms with Crippen LogP contribution in [-0.2, 0) is 6.54 Å². The van der Waals surface area contributed by atoms with Gasteiger partial charge in [-0.1, -0.05) is 13.3 Å². The van der Waals surface area contributed by atoms with Crippen LogP contribution in [0, 0.1) is 0 Å². The molecular formula is C11H13NO3. The molecule has 4 heteroatoms. The molecule has 0 saturated heterocycles. The zero-order chi connectivity index (χ0) is 10.8. The average Bonchev–Trinajstić information content (AvgIpc) is 2.74. The lowest BCUT2D eigenvalue weighted by Crippen LogP contribution is -2.08. The SMILES string of the molecule is CCCCn1c(C(=O)O)cc2occc21. The number of carboxylic acids is 1. The fourth-order valence-electron chi connectivity index (χ4n) is 1.71. The number of aromatic carboxylic acids is 1. The average molecular weight is 207 g/mol. The molecule has 15 heavy (non-hydrogen) atoms. The van der Waals surface area contributed by atoms with Crippen LogP contribution in [-0.4, -0.2) is 15.6 Å². The van der Waals surface area contributed by atoms with E-state index in [1.54, 1.807) is 23.0 Å². The molecule has 0 bridgehead atoms. The van der Waals surface area contributed by atoms with E-state index >= 15 is 0 Å². The normalized spacial score (nSPS) is 11.0. The van der Waals surface area contributed by atoms with Gasteiger partial charge < -0.3 is 14.1 Å². The van der Waals surface area contributed by atoms with Crippen molar-refractivity contribution in [3.63, 3.8) is 0 Å². The molecule has 0 amide bonds. The molecule has 0 aliphatic carbocycles. The molecule has 0 fully saturated rings. The second-order valence-corrected chi connectivity index (χ2v) is 3.51. The van der Waals surface area contributed by atoms with Crippen molar-refractivity contribution >= 4 is 17.1 Å². The highest BCUT2D eigenvalue weighted by atomic mass is 16.4. The minimum atomic E-state index is -0.905. The van der Waals surface area contributed by atoms with Gasteiger partial charge in [-0.05, 0) is 6.42 Å².